The lowest BCUT2D eigenvalue weighted by atomic mass is 10.1. The highest BCUT2D eigenvalue weighted by atomic mass is 32.1. The molecule has 0 spiro atoms. The van der Waals surface area contributed by atoms with E-state index in [-0.39, 0.29) is 4.88 Å². The van der Waals surface area contributed by atoms with E-state index in [2.05, 4.69) is 0 Å². The molecule has 0 atom stereocenters. The second-order valence-electron chi connectivity index (χ2n) is 4.04. The van der Waals surface area contributed by atoms with Crippen LogP contribution in [0.3, 0.4) is 0 Å². The number of anilines is 1. The molecule has 0 aliphatic rings. The number of hydrogen-bond donors (Lipinski definition) is 2. The van der Waals surface area contributed by atoms with Gasteiger partial charge in [0.1, 0.15) is 10.6 Å². The van der Waals surface area contributed by atoms with E-state index < -0.39 is 5.97 Å². The molecule has 4 nitrogen and oxygen atoms in total. The van der Waals surface area contributed by atoms with Gasteiger partial charge in [0.25, 0.3) is 0 Å². The Balaban J connectivity index is 2.54. The summed E-state index contributed by atoms with van der Waals surface area (Å²) in [7, 11) is 1.61. The first-order valence-corrected chi connectivity index (χ1v) is 6.69. The van der Waals surface area contributed by atoms with Crippen molar-refractivity contribution in [2.45, 2.75) is 13.3 Å². The fourth-order valence-electron chi connectivity index (χ4n) is 1.96. The number of nitrogen functional groups attached to an aromatic ring is 1. The van der Waals surface area contributed by atoms with Crippen LogP contribution >= 0.6 is 11.3 Å². The molecule has 0 bridgehead atoms. The minimum absolute atomic E-state index is 0.211. The molecule has 100 valence electrons. The number of carboxylic acids is 1. The Morgan fingerprint density at radius 3 is 2.47 bits per heavy atom. The minimum Gasteiger partial charge on any atom is -0.497 e. The van der Waals surface area contributed by atoms with Crippen LogP contribution < -0.4 is 10.5 Å². The number of thiophene rings is 1. The number of carbonyl (C=O) groups is 1. The van der Waals surface area contributed by atoms with Crippen LogP contribution in [0.25, 0.3) is 10.4 Å². The zero-order valence-electron chi connectivity index (χ0n) is 10.8. The van der Waals surface area contributed by atoms with Gasteiger partial charge in [-0.15, -0.1) is 11.3 Å². The Hall–Kier alpha value is -2.01. The molecule has 5 heteroatoms. The summed E-state index contributed by atoms with van der Waals surface area (Å²) in [4.78, 5) is 12.3. The first kappa shape index (κ1) is 13.4. The predicted octanol–water partition coefficient (Wildman–Crippen LogP) is 3.27. The van der Waals surface area contributed by atoms with Gasteiger partial charge in [-0.25, -0.2) is 4.79 Å². The van der Waals surface area contributed by atoms with E-state index in [1.807, 2.05) is 31.2 Å². The van der Waals surface area contributed by atoms with Crippen LogP contribution in [0, 0.1) is 0 Å². The van der Waals surface area contributed by atoms with Crippen molar-refractivity contribution in [1.82, 2.24) is 0 Å². The molecular weight excluding hydrogens is 262 g/mol. The maximum Gasteiger partial charge on any atom is 0.348 e. The zero-order chi connectivity index (χ0) is 14.0. The van der Waals surface area contributed by atoms with E-state index in [0.29, 0.717) is 12.1 Å². The molecule has 1 heterocycles. The molecule has 0 unspecified atom stereocenters. The number of aromatic carboxylic acids is 1. The molecule has 0 saturated heterocycles. The monoisotopic (exact) mass is 277 g/mol. The summed E-state index contributed by atoms with van der Waals surface area (Å²) in [6.07, 6.45) is 0.705. The van der Waals surface area contributed by atoms with E-state index in [9.17, 15) is 4.79 Å². The molecule has 3 N–H and O–H groups in total. The molecule has 0 saturated carbocycles. The highest BCUT2D eigenvalue weighted by Crippen LogP contribution is 2.39. The fourth-order valence-corrected chi connectivity index (χ4v) is 3.12. The van der Waals surface area contributed by atoms with E-state index in [1.54, 1.807) is 7.11 Å². The Bertz CT molecular complexity index is 602. The Labute approximate surface area is 115 Å². The Morgan fingerprint density at radius 2 is 2.00 bits per heavy atom. The van der Waals surface area contributed by atoms with E-state index >= 15 is 0 Å². The fraction of sp³-hybridized carbons (Fsp3) is 0.214. The number of rotatable bonds is 4. The average molecular weight is 277 g/mol. The molecule has 0 radical (unpaired) electrons. The third-order valence-electron chi connectivity index (χ3n) is 2.95. The van der Waals surface area contributed by atoms with E-state index in [1.165, 1.54) is 11.3 Å². The lowest BCUT2D eigenvalue weighted by Crippen LogP contribution is -1.99. The topological polar surface area (TPSA) is 72.5 Å². The normalized spacial score (nSPS) is 10.4. The SMILES string of the molecule is CCc1c(-c2ccc(OC)cc2)sc(C(=O)O)c1N. The van der Waals surface area contributed by atoms with E-state index in [0.717, 1.165) is 21.8 Å². The molecule has 0 fully saturated rings. The summed E-state index contributed by atoms with van der Waals surface area (Å²) in [6.45, 7) is 1.97. The van der Waals surface area contributed by atoms with Gasteiger partial charge in [-0.3, -0.25) is 0 Å². The molecule has 0 aliphatic carbocycles. The summed E-state index contributed by atoms with van der Waals surface area (Å²) in [5.74, 6) is -0.207. The maximum atomic E-state index is 11.1. The highest BCUT2D eigenvalue weighted by molar-refractivity contribution is 7.18. The number of nitrogens with two attached hydrogens (primary N) is 1. The van der Waals surface area contributed by atoms with Crippen molar-refractivity contribution in [2.75, 3.05) is 12.8 Å². The largest absolute Gasteiger partial charge is 0.497 e. The van der Waals surface area contributed by atoms with Crippen molar-refractivity contribution in [3.8, 4) is 16.2 Å². The number of hydrogen-bond acceptors (Lipinski definition) is 4. The average Bonchev–Trinajstić information content (AvgIpc) is 2.76. The number of carboxylic acid groups (broad SMARTS) is 1. The number of benzene rings is 1. The van der Waals surface area contributed by atoms with Gasteiger partial charge < -0.3 is 15.6 Å². The lowest BCUT2D eigenvalue weighted by molar-refractivity contribution is 0.0703. The molecule has 2 rings (SSSR count). The smallest absolute Gasteiger partial charge is 0.348 e. The first-order chi connectivity index (χ1) is 9.08. The van der Waals surface area contributed by atoms with Crippen molar-refractivity contribution >= 4 is 23.0 Å². The van der Waals surface area contributed by atoms with Gasteiger partial charge in [0.2, 0.25) is 0 Å². The summed E-state index contributed by atoms with van der Waals surface area (Å²) < 4.78 is 5.11. The van der Waals surface area contributed by atoms with Crippen LogP contribution in [0.2, 0.25) is 0 Å². The van der Waals surface area contributed by atoms with Crippen LogP contribution in [-0.4, -0.2) is 18.2 Å². The van der Waals surface area contributed by atoms with Crippen molar-refractivity contribution in [3.05, 3.63) is 34.7 Å². The van der Waals surface area contributed by atoms with Crippen LogP contribution in [0.4, 0.5) is 5.69 Å². The van der Waals surface area contributed by atoms with Gasteiger partial charge in [0, 0.05) is 4.88 Å². The molecule has 19 heavy (non-hydrogen) atoms. The van der Waals surface area contributed by atoms with Crippen LogP contribution in [0.15, 0.2) is 24.3 Å². The van der Waals surface area contributed by atoms with Crippen LogP contribution in [0.5, 0.6) is 5.75 Å². The van der Waals surface area contributed by atoms with Gasteiger partial charge in [-0.05, 0) is 41.8 Å². The van der Waals surface area contributed by atoms with Gasteiger partial charge >= 0.3 is 5.97 Å². The van der Waals surface area contributed by atoms with Gasteiger partial charge in [0.05, 0.1) is 12.8 Å². The van der Waals surface area contributed by atoms with Crippen molar-refractivity contribution in [3.63, 3.8) is 0 Å². The van der Waals surface area contributed by atoms with Gasteiger partial charge in [-0.1, -0.05) is 6.92 Å². The van der Waals surface area contributed by atoms with E-state index in [4.69, 9.17) is 15.6 Å². The van der Waals surface area contributed by atoms with Crippen LogP contribution in [0.1, 0.15) is 22.2 Å². The Morgan fingerprint density at radius 1 is 1.37 bits per heavy atom. The highest BCUT2D eigenvalue weighted by Gasteiger charge is 2.20. The molecule has 0 amide bonds. The summed E-state index contributed by atoms with van der Waals surface area (Å²) >= 11 is 1.22. The summed E-state index contributed by atoms with van der Waals surface area (Å²) in [6, 6.07) is 7.53. The quantitative estimate of drug-likeness (QED) is 0.899. The second-order valence-corrected chi connectivity index (χ2v) is 5.06. The second kappa shape index (κ2) is 5.32. The third kappa shape index (κ3) is 2.42. The predicted molar refractivity (Wildman–Crippen MR) is 77.1 cm³/mol. The van der Waals surface area contributed by atoms with Crippen molar-refractivity contribution < 1.29 is 14.6 Å². The number of methoxy groups -OCH3 is 1. The van der Waals surface area contributed by atoms with Crippen molar-refractivity contribution in [2.24, 2.45) is 0 Å². The maximum absolute atomic E-state index is 11.1. The summed E-state index contributed by atoms with van der Waals surface area (Å²) in [5, 5.41) is 9.14. The lowest BCUT2D eigenvalue weighted by Gasteiger charge is -2.04. The molecular formula is C14H15NO3S. The minimum atomic E-state index is -0.975. The standard InChI is InChI=1S/C14H15NO3S/c1-3-10-11(15)13(14(16)17)19-12(10)8-4-6-9(18-2)7-5-8/h4-7H,3,15H2,1-2H3,(H,16,17). The van der Waals surface area contributed by atoms with Crippen LogP contribution in [-0.2, 0) is 6.42 Å². The summed E-state index contributed by atoms with van der Waals surface area (Å²) in [5.41, 5.74) is 8.15. The molecule has 1 aromatic heterocycles. The zero-order valence-corrected chi connectivity index (χ0v) is 11.6. The number of ether oxygens (including phenoxy) is 1. The van der Waals surface area contributed by atoms with Gasteiger partial charge in [0.15, 0.2) is 0 Å². The Kier molecular flexibility index (Phi) is 3.76. The van der Waals surface area contributed by atoms with Crippen molar-refractivity contribution in [1.29, 1.82) is 0 Å². The van der Waals surface area contributed by atoms with Gasteiger partial charge in [-0.2, -0.15) is 0 Å². The first-order valence-electron chi connectivity index (χ1n) is 5.87. The molecule has 0 aliphatic heterocycles. The molecule has 1 aromatic carbocycles. The third-order valence-corrected chi connectivity index (χ3v) is 4.23. The molecule has 2 aromatic rings.